The molecule has 0 aliphatic heterocycles. The lowest BCUT2D eigenvalue weighted by molar-refractivity contribution is -0.393. The Morgan fingerprint density at radius 1 is 1.04 bits per heavy atom. The van der Waals surface area contributed by atoms with E-state index in [1.165, 1.54) is 18.3 Å². The Kier molecular flexibility index (Phi) is 5.13. The third-order valence-electron chi connectivity index (χ3n) is 3.66. The first-order valence-electron chi connectivity index (χ1n) is 7.61. The number of nitro benzene ring substituents is 2. The summed E-state index contributed by atoms with van der Waals surface area (Å²) < 4.78 is 1.85. The number of non-ortho nitro benzene ring substituents is 1. The Bertz CT molecular complexity index is 1030. The summed E-state index contributed by atoms with van der Waals surface area (Å²) in [5, 5.41) is 26.5. The minimum atomic E-state index is -0.707. The molecule has 0 atom stereocenters. The molecule has 0 spiro atoms. The second-order valence-electron chi connectivity index (χ2n) is 5.37. The molecule has 0 aliphatic rings. The van der Waals surface area contributed by atoms with Crippen LogP contribution in [0.3, 0.4) is 0 Å². The number of hydrogen-bond donors (Lipinski definition) is 1. The Labute approximate surface area is 157 Å². The van der Waals surface area contributed by atoms with Crippen LogP contribution in [0.1, 0.15) is 5.69 Å². The molecule has 10 heteroatoms. The molecule has 0 radical (unpaired) electrons. The highest BCUT2D eigenvalue weighted by Gasteiger charge is 2.19. The maximum absolute atomic E-state index is 11.1. The van der Waals surface area contributed by atoms with E-state index in [-0.39, 0.29) is 11.4 Å². The van der Waals surface area contributed by atoms with Crippen LogP contribution in [0.25, 0.3) is 5.69 Å². The Morgan fingerprint density at radius 2 is 1.78 bits per heavy atom. The summed E-state index contributed by atoms with van der Waals surface area (Å²) in [6.45, 7) is 0. The highest BCUT2D eigenvalue weighted by Crippen LogP contribution is 2.28. The summed E-state index contributed by atoms with van der Waals surface area (Å²) in [7, 11) is 0. The molecule has 0 saturated carbocycles. The van der Waals surface area contributed by atoms with Crippen LogP contribution in [0.15, 0.2) is 65.9 Å². The lowest BCUT2D eigenvalue weighted by Crippen LogP contribution is -2.01. The van der Waals surface area contributed by atoms with Gasteiger partial charge in [0.2, 0.25) is 0 Å². The number of halogens is 1. The monoisotopic (exact) mass is 385 g/mol. The van der Waals surface area contributed by atoms with Crippen LogP contribution in [-0.2, 0) is 0 Å². The molecule has 1 aromatic heterocycles. The molecule has 0 unspecified atom stereocenters. The maximum atomic E-state index is 11.1. The van der Waals surface area contributed by atoms with E-state index in [9.17, 15) is 20.2 Å². The van der Waals surface area contributed by atoms with E-state index < -0.39 is 15.5 Å². The van der Waals surface area contributed by atoms with E-state index in [1.54, 1.807) is 12.1 Å². The number of benzene rings is 2. The third-order valence-corrected chi connectivity index (χ3v) is 3.91. The number of nitrogens with zero attached hydrogens (tertiary/aromatic N) is 4. The molecule has 27 heavy (non-hydrogen) atoms. The van der Waals surface area contributed by atoms with Gasteiger partial charge in [-0.15, -0.1) is 0 Å². The summed E-state index contributed by atoms with van der Waals surface area (Å²) in [6.07, 6.45) is 3.32. The van der Waals surface area contributed by atoms with Crippen molar-refractivity contribution in [2.24, 2.45) is 5.10 Å². The molecule has 136 valence electrons. The molecule has 0 fully saturated rings. The van der Waals surface area contributed by atoms with Gasteiger partial charge in [-0.3, -0.25) is 25.7 Å². The van der Waals surface area contributed by atoms with Gasteiger partial charge in [-0.25, -0.2) is 0 Å². The van der Waals surface area contributed by atoms with Crippen LogP contribution in [0.4, 0.5) is 17.1 Å². The van der Waals surface area contributed by atoms with Crippen LogP contribution in [0.2, 0.25) is 5.02 Å². The molecule has 3 rings (SSSR count). The van der Waals surface area contributed by atoms with E-state index in [1.807, 2.05) is 35.0 Å². The summed E-state index contributed by atoms with van der Waals surface area (Å²) in [4.78, 5) is 20.5. The number of nitrogens with one attached hydrogen (secondary N) is 1. The molecular formula is C17H12ClN5O4. The first-order chi connectivity index (χ1) is 13.0. The van der Waals surface area contributed by atoms with Crippen molar-refractivity contribution in [2.45, 2.75) is 0 Å². The molecule has 1 N–H and O–H groups in total. The number of nitro groups is 2. The van der Waals surface area contributed by atoms with Crippen LogP contribution in [0.5, 0.6) is 0 Å². The van der Waals surface area contributed by atoms with E-state index in [0.29, 0.717) is 5.02 Å². The van der Waals surface area contributed by atoms with Gasteiger partial charge in [0.1, 0.15) is 5.69 Å². The Hall–Kier alpha value is -3.72. The van der Waals surface area contributed by atoms with E-state index in [0.717, 1.165) is 17.4 Å². The fourth-order valence-corrected chi connectivity index (χ4v) is 2.51. The van der Waals surface area contributed by atoms with Gasteiger partial charge < -0.3 is 4.57 Å². The van der Waals surface area contributed by atoms with Crippen molar-refractivity contribution in [1.29, 1.82) is 0 Å². The van der Waals surface area contributed by atoms with E-state index in [4.69, 9.17) is 11.6 Å². The SMILES string of the molecule is O=[N+]([O-])c1ccc(N/N=C\c2cccn2-c2ccc(Cl)cc2)c([N+](=O)[O-])c1. The van der Waals surface area contributed by atoms with Gasteiger partial charge in [0, 0.05) is 23.0 Å². The van der Waals surface area contributed by atoms with Gasteiger partial charge in [0.05, 0.1) is 27.8 Å². The van der Waals surface area contributed by atoms with E-state index >= 15 is 0 Å². The van der Waals surface area contributed by atoms with E-state index in [2.05, 4.69) is 10.5 Å². The largest absolute Gasteiger partial charge is 0.316 e. The lowest BCUT2D eigenvalue weighted by atomic mass is 10.2. The second kappa shape index (κ2) is 7.67. The molecule has 9 nitrogen and oxygen atoms in total. The number of rotatable bonds is 6. The van der Waals surface area contributed by atoms with Crippen LogP contribution >= 0.6 is 11.6 Å². The molecule has 0 aliphatic carbocycles. The van der Waals surface area contributed by atoms with Crippen molar-refractivity contribution in [1.82, 2.24) is 4.57 Å². The number of aromatic nitrogens is 1. The highest BCUT2D eigenvalue weighted by molar-refractivity contribution is 6.30. The smallest absolute Gasteiger partial charge is 0.301 e. The second-order valence-corrected chi connectivity index (χ2v) is 5.80. The first-order valence-corrected chi connectivity index (χ1v) is 7.99. The average Bonchev–Trinajstić information content (AvgIpc) is 3.10. The topological polar surface area (TPSA) is 116 Å². The molecule has 0 amide bonds. The van der Waals surface area contributed by atoms with Crippen molar-refractivity contribution in [3.63, 3.8) is 0 Å². The maximum Gasteiger partial charge on any atom is 0.301 e. The quantitative estimate of drug-likeness (QED) is 0.383. The zero-order chi connectivity index (χ0) is 19.4. The predicted molar refractivity (Wildman–Crippen MR) is 102 cm³/mol. The Morgan fingerprint density at radius 3 is 2.44 bits per heavy atom. The first kappa shape index (κ1) is 18.1. The number of anilines is 1. The van der Waals surface area contributed by atoms with Gasteiger partial charge in [0.15, 0.2) is 0 Å². The van der Waals surface area contributed by atoms with Crippen molar-refractivity contribution in [3.8, 4) is 5.69 Å². The van der Waals surface area contributed by atoms with Crippen molar-refractivity contribution < 1.29 is 9.85 Å². The minimum Gasteiger partial charge on any atom is -0.316 e. The summed E-state index contributed by atoms with van der Waals surface area (Å²) in [5.41, 5.74) is 3.39. The molecule has 1 heterocycles. The number of hydrogen-bond acceptors (Lipinski definition) is 6. The van der Waals surface area contributed by atoms with Crippen LogP contribution in [-0.4, -0.2) is 20.6 Å². The summed E-state index contributed by atoms with van der Waals surface area (Å²) in [6, 6.07) is 14.1. The standard InChI is InChI=1S/C17H12ClN5O4/c18-12-3-5-13(6-4-12)21-9-1-2-15(21)11-19-20-16-8-7-14(22(24)25)10-17(16)23(26)27/h1-11,20H/b19-11-. The normalized spacial score (nSPS) is 10.9. The van der Waals surface area contributed by atoms with Crippen molar-refractivity contribution in [2.75, 3.05) is 5.43 Å². The molecule has 3 aromatic rings. The van der Waals surface area contributed by atoms with Gasteiger partial charge in [0.25, 0.3) is 5.69 Å². The van der Waals surface area contributed by atoms with Crippen molar-refractivity contribution >= 4 is 34.9 Å². The van der Waals surface area contributed by atoms with Gasteiger partial charge in [-0.2, -0.15) is 5.10 Å². The fraction of sp³-hybridized carbons (Fsp3) is 0. The van der Waals surface area contributed by atoms with Gasteiger partial charge in [-0.05, 0) is 42.5 Å². The summed E-state index contributed by atoms with van der Waals surface area (Å²) >= 11 is 5.89. The Balaban J connectivity index is 1.83. The third kappa shape index (κ3) is 4.10. The zero-order valence-electron chi connectivity index (χ0n) is 13.7. The summed E-state index contributed by atoms with van der Waals surface area (Å²) in [5.74, 6) is 0. The van der Waals surface area contributed by atoms with Gasteiger partial charge >= 0.3 is 5.69 Å². The molecule has 0 bridgehead atoms. The minimum absolute atomic E-state index is 0.0476. The number of hydrazone groups is 1. The predicted octanol–water partition coefficient (Wildman–Crippen LogP) is 4.39. The zero-order valence-corrected chi connectivity index (χ0v) is 14.4. The van der Waals surface area contributed by atoms with Crippen LogP contribution in [0, 0.1) is 20.2 Å². The van der Waals surface area contributed by atoms with Crippen LogP contribution < -0.4 is 5.43 Å². The van der Waals surface area contributed by atoms with Crippen molar-refractivity contribution in [3.05, 3.63) is 91.7 Å². The van der Waals surface area contributed by atoms with Gasteiger partial charge in [-0.1, -0.05) is 11.6 Å². The molecule has 0 saturated heterocycles. The fourth-order valence-electron chi connectivity index (χ4n) is 2.38. The molecule has 2 aromatic carbocycles. The highest BCUT2D eigenvalue weighted by atomic mass is 35.5. The molecular weight excluding hydrogens is 374 g/mol. The average molecular weight is 386 g/mol. The lowest BCUT2D eigenvalue weighted by Gasteiger charge is -2.06.